The molecular formula is C11H11N3O2S. The van der Waals surface area contributed by atoms with E-state index in [1.54, 1.807) is 29.6 Å². The van der Waals surface area contributed by atoms with Gasteiger partial charge in [-0.1, -0.05) is 0 Å². The molecule has 0 unspecified atom stereocenters. The molecule has 3 rings (SSSR count). The number of aromatic amines is 1. The summed E-state index contributed by atoms with van der Waals surface area (Å²) in [7, 11) is 0. The van der Waals surface area contributed by atoms with E-state index in [1.807, 2.05) is 17.5 Å². The zero-order chi connectivity index (χ0) is 12.2. The lowest BCUT2D eigenvalue weighted by Crippen LogP contribution is -2.26. The van der Waals surface area contributed by atoms with E-state index in [1.165, 1.54) is 0 Å². The van der Waals surface area contributed by atoms with Gasteiger partial charge in [0.15, 0.2) is 5.82 Å². The molecule has 0 aliphatic heterocycles. The van der Waals surface area contributed by atoms with E-state index < -0.39 is 5.60 Å². The molecule has 3 heterocycles. The van der Waals surface area contributed by atoms with Crippen LogP contribution < -0.4 is 5.56 Å². The van der Waals surface area contributed by atoms with Crippen LogP contribution in [0.3, 0.4) is 0 Å². The maximum atomic E-state index is 11.7. The summed E-state index contributed by atoms with van der Waals surface area (Å²) in [6.07, 6.45) is 0. The van der Waals surface area contributed by atoms with Crippen LogP contribution in [0.15, 0.2) is 22.3 Å². The van der Waals surface area contributed by atoms with Gasteiger partial charge in [0.05, 0.1) is 10.2 Å². The van der Waals surface area contributed by atoms with Crippen molar-refractivity contribution in [2.24, 2.45) is 0 Å². The molecule has 0 amide bonds. The van der Waals surface area contributed by atoms with Gasteiger partial charge in [-0.15, -0.1) is 11.3 Å². The number of nitrogens with zero attached hydrogens (tertiary/aromatic N) is 2. The third kappa shape index (κ3) is 1.41. The third-order valence-electron chi connectivity index (χ3n) is 2.68. The molecule has 0 saturated carbocycles. The number of H-pyrrole nitrogens is 1. The second kappa shape index (κ2) is 3.18. The Labute approximate surface area is 100 Å². The molecule has 0 aromatic carbocycles. The van der Waals surface area contributed by atoms with Gasteiger partial charge in [-0.3, -0.25) is 9.20 Å². The number of aromatic nitrogens is 3. The molecule has 17 heavy (non-hydrogen) atoms. The molecule has 6 heteroatoms. The van der Waals surface area contributed by atoms with Crippen molar-refractivity contribution >= 4 is 27.1 Å². The second-order valence-electron chi connectivity index (χ2n) is 4.47. The number of rotatable bonds is 1. The Kier molecular flexibility index (Phi) is 1.96. The standard InChI is InChI=1S/C11H11N3O2S/c1-11(2,16)10-13-12-9(15)7-5-8-6(14(7)10)3-4-17-8/h3-5,16H,1-2H3,(H,12,15). The fourth-order valence-corrected chi connectivity index (χ4v) is 2.75. The van der Waals surface area contributed by atoms with E-state index in [-0.39, 0.29) is 5.56 Å². The minimum absolute atomic E-state index is 0.249. The summed E-state index contributed by atoms with van der Waals surface area (Å²) in [5.41, 5.74) is 0.0529. The van der Waals surface area contributed by atoms with Crippen LogP contribution in [0.5, 0.6) is 0 Å². The van der Waals surface area contributed by atoms with Gasteiger partial charge in [-0.25, -0.2) is 5.10 Å². The van der Waals surface area contributed by atoms with Crippen LogP contribution in [0, 0.1) is 0 Å². The average Bonchev–Trinajstić information content (AvgIpc) is 2.76. The number of aliphatic hydroxyl groups is 1. The first-order chi connectivity index (χ1) is 7.98. The molecular weight excluding hydrogens is 238 g/mol. The molecule has 2 N–H and O–H groups in total. The maximum absolute atomic E-state index is 11.7. The van der Waals surface area contributed by atoms with Crippen molar-refractivity contribution in [1.29, 1.82) is 0 Å². The topological polar surface area (TPSA) is 70.4 Å². The zero-order valence-electron chi connectivity index (χ0n) is 9.39. The molecule has 3 aromatic rings. The Bertz CT molecular complexity index is 760. The summed E-state index contributed by atoms with van der Waals surface area (Å²) in [5, 5.41) is 18.4. The number of hydrogen-bond donors (Lipinski definition) is 2. The summed E-state index contributed by atoms with van der Waals surface area (Å²) < 4.78 is 2.72. The highest BCUT2D eigenvalue weighted by atomic mass is 32.1. The average molecular weight is 249 g/mol. The normalized spacial score (nSPS) is 12.6. The van der Waals surface area contributed by atoms with Crippen molar-refractivity contribution < 1.29 is 5.11 Å². The van der Waals surface area contributed by atoms with Crippen LogP contribution in [0.25, 0.3) is 15.7 Å². The molecule has 3 aromatic heterocycles. The predicted octanol–water partition coefficient (Wildman–Crippen LogP) is 1.46. The number of nitrogens with one attached hydrogen (secondary N) is 1. The first-order valence-corrected chi connectivity index (χ1v) is 6.06. The van der Waals surface area contributed by atoms with Gasteiger partial charge < -0.3 is 5.11 Å². The van der Waals surface area contributed by atoms with Crippen molar-refractivity contribution in [1.82, 2.24) is 14.6 Å². The van der Waals surface area contributed by atoms with E-state index in [4.69, 9.17) is 0 Å². The summed E-state index contributed by atoms with van der Waals surface area (Å²) in [4.78, 5) is 11.7. The molecule has 0 fully saturated rings. The van der Waals surface area contributed by atoms with E-state index in [2.05, 4.69) is 10.2 Å². The molecule has 0 aliphatic carbocycles. The zero-order valence-corrected chi connectivity index (χ0v) is 10.2. The van der Waals surface area contributed by atoms with Crippen LogP contribution in [-0.4, -0.2) is 19.7 Å². The van der Waals surface area contributed by atoms with Gasteiger partial charge in [0, 0.05) is 0 Å². The van der Waals surface area contributed by atoms with Gasteiger partial charge in [-0.05, 0) is 31.4 Å². The number of hydrogen-bond acceptors (Lipinski definition) is 4. The SMILES string of the molecule is CC(C)(O)c1n[nH]c(=O)c2cc3sccc3n12. The van der Waals surface area contributed by atoms with Crippen molar-refractivity contribution in [2.75, 3.05) is 0 Å². The Morgan fingerprint density at radius 3 is 2.94 bits per heavy atom. The van der Waals surface area contributed by atoms with Gasteiger partial charge in [-0.2, -0.15) is 5.10 Å². The quantitative estimate of drug-likeness (QED) is 0.686. The van der Waals surface area contributed by atoms with Crippen LogP contribution >= 0.6 is 11.3 Å². The number of fused-ring (bicyclic) bond motifs is 3. The van der Waals surface area contributed by atoms with E-state index in [9.17, 15) is 9.90 Å². The van der Waals surface area contributed by atoms with Crippen molar-refractivity contribution in [3.8, 4) is 0 Å². The van der Waals surface area contributed by atoms with E-state index >= 15 is 0 Å². The molecule has 88 valence electrons. The summed E-state index contributed by atoms with van der Waals surface area (Å²) >= 11 is 1.56. The number of thiophene rings is 1. The molecule has 0 atom stereocenters. The van der Waals surface area contributed by atoms with Gasteiger partial charge in [0.2, 0.25) is 0 Å². The smallest absolute Gasteiger partial charge is 0.288 e. The minimum atomic E-state index is -1.11. The van der Waals surface area contributed by atoms with Gasteiger partial charge in [0.25, 0.3) is 5.56 Å². The molecule has 0 saturated heterocycles. The molecule has 0 spiro atoms. The Balaban J connectivity index is 2.59. The van der Waals surface area contributed by atoms with Crippen molar-refractivity contribution in [2.45, 2.75) is 19.4 Å². The predicted molar refractivity (Wildman–Crippen MR) is 66.4 cm³/mol. The van der Waals surface area contributed by atoms with E-state index in [0.717, 1.165) is 10.2 Å². The first-order valence-electron chi connectivity index (χ1n) is 5.18. The van der Waals surface area contributed by atoms with Crippen molar-refractivity contribution in [3.05, 3.63) is 33.7 Å². The van der Waals surface area contributed by atoms with Crippen LogP contribution in [0.1, 0.15) is 19.7 Å². The van der Waals surface area contributed by atoms with Gasteiger partial charge >= 0.3 is 0 Å². The first kappa shape index (κ1) is 10.5. The Morgan fingerprint density at radius 1 is 1.47 bits per heavy atom. The lowest BCUT2D eigenvalue weighted by atomic mass is 10.1. The van der Waals surface area contributed by atoms with Crippen LogP contribution in [-0.2, 0) is 5.60 Å². The monoisotopic (exact) mass is 249 g/mol. The highest BCUT2D eigenvalue weighted by Gasteiger charge is 2.24. The van der Waals surface area contributed by atoms with Crippen LogP contribution in [0.4, 0.5) is 0 Å². The highest BCUT2D eigenvalue weighted by molar-refractivity contribution is 7.17. The fourth-order valence-electron chi connectivity index (χ4n) is 1.94. The second-order valence-corrected chi connectivity index (χ2v) is 5.42. The minimum Gasteiger partial charge on any atom is -0.382 e. The third-order valence-corrected chi connectivity index (χ3v) is 3.53. The highest BCUT2D eigenvalue weighted by Crippen LogP contribution is 2.27. The largest absolute Gasteiger partial charge is 0.382 e. The lowest BCUT2D eigenvalue weighted by molar-refractivity contribution is 0.0664. The Hall–Kier alpha value is -1.66. The summed E-state index contributed by atoms with van der Waals surface area (Å²) in [6.45, 7) is 3.29. The maximum Gasteiger partial charge on any atom is 0.288 e. The van der Waals surface area contributed by atoms with Gasteiger partial charge in [0.1, 0.15) is 11.1 Å². The van der Waals surface area contributed by atoms with Crippen molar-refractivity contribution in [3.63, 3.8) is 0 Å². The molecule has 5 nitrogen and oxygen atoms in total. The fraction of sp³-hybridized carbons (Fsp3) is 0.273. The Morgan fingerprint density at radius 2 is 2.24 bits per heavy atom. The van der Waals surface area contributed by atoms with E-state index in [0.29, 0.717) is 11.3 Å². The summed E-state index contributed by atoms with van der Waals surface area (Å²) in [6, 6.07) is 3.74. The summed E-state index contributed by atoms with van der Waals surface area (Å²) in [5.74, 6) is 0.431. The lowest BCUT2D eigenvalue weighted by Gasteiger charge is -2.17. The molecule has 0 aliphatic rings. The molecule has 0 radical (unpaired) electrons. The molecule has 0 bridgehead atoms. The van der Waals surface area contributed by atoms with Crippen LogP contribution in [0.2, 0.25) is 0 Å².